The van der Waals surface area contributed by atoms with Gasteiger partial charge in [-0.2, -0.15) is 5.10 Å². The van der Waals surface area contributed by atoms with Crippen LogP contribution >= 0.6 is 11.8 Å². The number of benzene rings is 2. The third-order valence-corrected chi connectivity index (χ3v) is 6.09. The Labute approximate surface area is 180 Å². The highest BCUT2D eigenvalue weighted by Crippen LogP contribution is 2.27. The second kappa shape index (κ2) is 8.71. The molecule has 5 nitrogen and oxygen atoms in total. The number of thioether (sulfide) groups is 1. The number of nitrogens with one attached hydrogen (secondary N) is 1. The molecule has 4 aromatic rings. The van der Waals surface area contributed by atoms with E-state index < -0.39 is 0 Å². The largest absolute Gasteiger partial charge is 0.325 e. The summed E-state index contributed by atoms with van der Waals surface area (Å²) in [6.45, 7) is 6.14. The lowest BCUT2D eigenvalue weighted by molar-refractivity contribution is -0.113. The van der Waals surface area contributed by atoms with Gasteiger partial charge in [0.1, 0.15) is 5.03 Å². The maximum absolute atomic E-state index is 12.5. The van der Waals surface area contributed by atoms with E-state index >= 15 is 0 Å². The Kier molecular flexibility index (Phi) is 5.86. The number of aromatic nitrogens is 3. The van der Waals surface area contributed by atoms with Gasteiger partial charge in [0.15, 0.2) is 0 Å². The van der Waals surface area contributed by atoms with Crippen LogP contribution < -0.4 is 5.32 Å². The van der Waals surface area contributed by atoms with Gasteiger partial charge in [-0.1, -0.05) is 61.2 Å². The van der Waals surface area contributed by atoms with Crippen molar-refractivity contribution in [2.24, 2.45) is 0 Å². The monoisotopic (exact) mass is 416 g/mol. The van der Waals surface area contributed by atoms with Crippen LogP contribution in [-0.4, -0.2) is 26.3 Å². The molecule has 0 unspecified atom stereocenters. The van der Waals surface area contributed by atoms with E-state index in [1.807, 2.05) is 48.8 Å². The molecule has 1 amide bonds. The Balaban J connectivity index is 1.51. The summed E-state index contributed by atoms with van der Waals surface area (Å²) in [7, 11) is 0. The van der Waals surface area contributed by atoms with Crippen molar-refractivity contribution in [1.29, 1.82) is 0 Å². The molecule has 0 aliphatic carbocycles. The van der Waals surface area contributed by atoms with Gasteiger partial charge in [0.05, 0.1) is 17.0 Å². The SMILES string of the molecule is CCc1ccc(-c2cc3c(SCC(=O)Nc4c(C)cccc4C)nccn3n2)cc1. The summed E-state index contributed by atoms with van der Waals surface area (Å²) in [4.78, 5) is 17.0. The van der Waals surface area contributed by atoms with Crippen molar-refractivity contribution < 1.29 is 4.79 Å². The van der Waals surface area contributed by atoms with Crippen molar-refractivity contribution in [2.75, 3.05) is 11.1 Å². The highest BCUT2D eigenvalue weighted by molar-refractivity contribution is 8.00. The van der Waals surface area contributed by atoms with E-state index in [1.54, 1.807) is 6.20 Å². The molecule has 0 aliphatic rings. The highest BCUT2D eigenvalue weighted by Gasteiger charge is 2.13. The van der Waals surface area contributed by atoms with Crippen molar-refractivity contribution in [2.45, 2.75) is 32.2 Å². The van der Waals surface area contributed by atoms with Crippen molar-refractivity contribution in [3.05, 3.63) is 77.6 Å². The predicted octanol–water partition coefficient (Wildman–Crippen LogP) is 5.31. The van der Waals surface area contributed by atoms with Gasteiger partial charge < -0.3 is 5.32 Å². The summed E-state index contributed by atoms with van der Waals surface area (Å²) in [5, 5.41) is 8.50. The average Bonchev–Trinajstić information content (AvgIpc) is 3.20. The summed E-state index contributed by atoms with van der Waals surface area (Å²) >= 11 is 1.42. The average molecular weight is 417 g/mol. The molecule has 0 saturated heterocycles. The molecule has 1 N–H and O–H groups in total. The van der Waals surface area contributed by atoms with Gasteiger partial charge in [-0.05, 0) is 43.0 Å². The fraction of sp³-hybridized carbons (Fsp3) is 0.208. The van der Waals surface area contributed by atoms with Crippen molar-refractivity contribution in [3.8, 4) is 11.3 Å². The molecule has 0 radical (unpaired) electrons. The number of nitrogens with zero attached hydrogens (tertiary/aromatic N) is 3. The van der Waals surface area contributed by atoms with Crippen molar-refractivity contribution in [1.82, 2.24) is 14.6 Å². The number of fused-ring (bicyclic) bond motifs is 1. The van der Waals surface area contributed by atoms with Crippen LogP contribution in [0.2, 0.25) is 0 Å². The molecule has 0 aliphatic heterocycles. The molecule has 0 bridgehead atoms. The fourth-order valence-electron chi connectivity index (χ4n) is 3.38. The molecular weight excluding hydrogens is 392 g/mol. The minimum absolute atomic E-state index is 0.0453. The van der Waals surface area contributed by atoms with Crippen LogP contribution in [0.4, 0.5) is 5.69 Å². The van der Waals surface area contributed by atoms with Crippen LogP contribution in [-0.2, 0) is 11.2 Å². The lowest BCUT2D eigenvalue weighted by atomic mass is 10.1. The summed E-state index contributed by atoms with van der Waals surface area (Å²) in [6, 6.07) is 16.5. The fourth-order valence-corrected chi connectivity index (χ4v) is 4.16. The Hall–Kier alpha value is -3.12. The number of anilines is 1. The molecule has 0 atom stereocenters. The number of rotatable bonds is 6. The summed E-state index contributed by atoms with van der Waals surface area (Å²) in [5.74, 6) is 0.239. The summed E-state index contributed by atoms with van der Waals surface area (Å²) < 4.78 is 1.82. The number of hydrogen-bond acceptors (Lipinski definition) is 4. The Morgan fingerprint density at radius 2 is 1.83 bits per heavy atom. The minimum atomic E-state index is -0.0453. The molecule has 0 spiro atoms. The van der Waals surface area contributed by atoms with Crippen LogP contribution in [0.15, 0.2) is 66.0 Å². The minimum Gasteiger partial charge on any atom is -0.325 e. The highest BCUT2D eigenvalue weighted by atomic mass is 32.2. The lowest BCUT2D eigenvalue weighted by Crippen LogP contribution is -2.15. The first-order valence-electron chi connectivity index (χ1n) is 9.97. The normalized spacial score (nSPS) is 11.0. The van der Waals surface area contributed by atoms with Gasteiger partial charge in [-0.3, -0.25) is 4.79 Å². The molecule has 6 heteroatoms. The molecule has 2 aromatic carbocycles. The van der Waals surface area contributed by atoms with Crippen LogP contribution in [0, 0.1) is 13.8 Å². The van der Waals surface area contributed by atoms with Crippen LogP contribution in [0.25, 0.3) is 16.8 Å². The Morgan fingerprint density at radius 1 is 1.10 bits per heavy atom. The second-order valence-corrected chi connectivity index (χ2v) is 8.21. The zero-order valence-electron chi connectivity index (χ0n) is 17.3. The Morgan fingerprint density at radius 3 is 2.53 bits per heavy atom. The van der Waals surface area contributed by atoms with E-state index in [-0.39, 0.29) is 11.7 Å². The van der Waals surface area contributed by atoms with Crippen LogP contribution in [0.1, 0.15) is 23.6 Å². The molecule has 0 fully saturated rings. The molecule has 2 heterocycles. The van der Waals surface area contributed by atoms with Gasteiger partial charge in [-0.25, -0.2) is 9.50 Å². The van der Waals surface area contributed by atoms with Gasteiger partial charge in [-0.15, -0.1) is 0 Å². The molecule has 30 heavy (non-hydrogen) atoms. The van der Waals surface area contributed by atoms with Gasteiger partial charge >= 0.3 is 0 Å². The summed E-state index contributed by atoms with van der Waals surface area (Å²) in [5.41, 5.74) is 7.17. The van der Waals surface area contributed by atoms with E-state index in [1.165, 1.54) is 17.3 Å². The molecule has 0 saturated carbocycles. The maximum Gasteiger partial charge on any atom is 0.234 e. The van der Waals surface area contributed by atoms with E-state index in [0.717, 1.165) is 45.0 Å². The van der Waals surface area contributed by atoms with Gasteiger partial charge in [0.25, 0.3) is 0 Å². The van der Waals surface area contributed by atoms with Crippen molar-refractivity contribution >= 4 is 28.9 Å². The summed E-state index contributed by atoms with van der Waals surface area (Å²) in [6.07, 6.45) is 4.57. The van der Waals surface area contributed by atoms with E-state index in [9.17, 15) is 4.79 Å². The first-order valence-corrected chi connectivity index (χ1v) is 11.0. The number of carbonyl (C=O) groups is 1. The standard InChI is InChI=1S/C24H24N4OS/c1-4-18-8-10-19(11-9-18)20-14-21-24(25-12-13-28(21)27-20)30-15-22(29)26-23-16(2)6-5-7-17(23)3/h5-14H,4,15H2,1-3H3,(H,26,29). The van der Waals surface area contributed by atoms with Crippen molar-refractivity contribution in [3.63, 3.8) is 0 Å². The van der Waals surface area contributed by atoms with E-state index in [0.29, 0.717) is 0 Å². The van der Waals surface area contributed by atoms with Crippen LogP contribution in [0.5, 0.6) is 0 Å². The zero-order valence-corrected chi connectivity index (χ0v) is 18.2. The second-order valence-electron chi connectivity index (χ2n) is 7.25. The first kappa shape index (κ1) is 20.2. The Bertz CT molecular complexity index is 1180. The molecule has 152 valence electrons. The number of aryl methyl sites for hydroxylation is 3. The number of para-hydroxylation sites is 1. The quantitative estimate of drug-likeness (QED) is 0.433. The third kappa shape index (κ3) is 4.24. The maximum atomic E-state index is 12.5. The van der Waals surface area contributed by atoms with Gasteiger partial charge in [0, 0.05) is 23.6 Å². The lowest BCUT2D eigenvalue weighted by Gasteiger charge is -2.11. The third-order valence-electron chi connectivity index (χ3n) is 5.10. The molecular formula is C24H24N4OS. The molecule has 2 aromatic heterocycles. The predicted molar refractivity (Wildman–Crippen MR) is 123 cm³/mol. The molecule has 4 rings (SSSR count). The van der Waals surface area contributed by atoms with Gasteiger partial charge in [0.2, 0.25) is 5.91 Å². The first-order chi connectivity index (χ1) is 14.5. The number of hydrogen-bond donors (Lipinski definition) is 1. The number of amides is 1. The smallest absolute Gasteiger partial charge is 0.234 e. The van der Waals surface area contributed by atoms with E-state index in [2.05, 4.69) is 46.6 Å². The zero-order chi connectivity index (χ0) is 21.1. The van der Waals surface area contributed by atoms with Crippen LogP contribution in [0.3, 0.4) is 0 Å². The topological polar surface area (TPSA) is 59.3 Å². The number of carbonyl (C=O) groups excluding carboxylic acids is 1. The van der Waals surface area contributed by atoms with E-state index in [4.69, 9.17) is 0 Å².